The van der Waals surface area contributed by atoms with Crippen molar-refractivity contribution in [1.82, 2.24) is 20.3 Å². The number of H-pyrrole nitrogens is 1. The number of pyridine rings is 1. The van der Waals surface area contributed by atoms with Crippen molar-refractivity contribution in [2.45, 2.75) is 51.2 Å². The zero-order chi connectivity index (χ0) is 29.1. The highest BCUT2D eigenvalue weighted by atomic mass is 16.6. The summed E-state index contributed by atoms with van der Waals surface area (Å²) in [5, 5.41) is 5.83. The van der Waals surface area contributed by atoms with E-state index in [9.17, 15) is 9.59 Å². The monoisotopic (exact) mass is 557 g/mol. The zero-order valence-electron chi connectivity index (χ0n) is 23.7. The Kier molecular flexibility index (Phi) is 5.90. The third-order valence-electron chi connectivity index (χ3n) is 8.09. The second-order valence-corrected chi connectivity index (χ2v) is 12.1. The van der Waals surface area contributed by atoms with E-state index in [1.54, 1.807) is 6.20 Å². The van der Waals surface area contributed by atoms with Gasteiger partial charge in [-0.1, -0.05) is 54.6 Å². The molecule has 2 amide bonds. The average Bonchev–Trinajstić information content (AvgIpc) is 3.63. The summed E-state index contributed by atoms with van der Waals surface area (Å²) in [5.41, 5.74) is 8.06. The van der Waals surface area contributed by atoms with E-state index in [1.165, 1.54) is 0 Å². The fourth-order valence-electron chi connectivity index (χ4n) is 6.16. The predicted molar refractivity (Wildman–Crippen MR) is 162 cm³/mol. The molecule has 3 heterocycles. The summed E-state index contributed by atoms with van der Waals surface area (Å²) in [5.74, 6) is 1.49. The fraction of sp³-hybridized carbons (Fsp3) is 0.235. The molecule has 0 saturated heterocycles. The molecule has 1 atom stereocenters. The maximum Gasteiger partial charge on any atom is 0.407 e. The van der Waals surface area contributed by atoms with Crippen molar-refractivity contribution in [2.75, 3.05) is 5.32 Å². The van der Waals surface area contributed by atoms with Gasteiger partial charge in [-0.25, -0.2) is 14.8 Å². The Hall–Kier alpha value is -4.98. The Balaban J connectivity index is 1.11. The number of fused-ring (bicyclic) bond motifs is 4. The predicted octanol–water partition coefficient (Wildman–Crippen LogP) is 6.31. The highest BCUT2D eigenvalue weighted by molar-refractivity contribution is 6.06. The number of nitrogens with one attached hydrogen (secondary N) is 3. The van der Waals surface area contributed by atoms with Crippen LogP contribution in [0.4, 0.5) is 10.6 Å². The third-order valence-corrected chi connectivity index (χ3v) is 8.09. The lowest BCUT2D eigenvalue weighted by molar-refractivity contribution is -0.120. The molecule has 3 N–H and O–H groups in total. The number of alkyl carbamates (subject to hydrolysis) is 1. The Labute approximate surface area is 243 Å². The van der Waals surface area contributed by atoms with Gasteiger partial charge in [0.15, 0.2) is 0 Å². The van der Waals surface area contributed by atoms with E-state index in [1.807, 2.05) is 51.1 Å². The minimum absolute atomic E-state index is 0.0204. The van der Waals surface area contributed by atoms with Gasteiger partial charge in [0.25, 0.3) is 0 Å². The highest BCUT2D eigenvalue weighted by Gasteiger charge is 2.51. The number of benzene rings is 3. The Morgan fingerprint density at radius 2 is 1.71 bits per heavy atom. The molecule has 8 heteroatoms. The van der Waals surface area contributed by atoms with E-state index in [4.69, 9.17) is 9.72 Å². The molecule has 1 aliphatic carbocycles. The van der Waals surface area contributed by atoms with E-state index >= 15 is 0 Å². The second-order valence-electron chi connectivity index (χ2n) is 12.1. The van der Waals surface area contributed by atoms with Gasteiger partial charge in [0.1, 0.15) is 17.2 Å². The number of nitrogens with zero attached hydrogens (tertiary/aromatic N) is 2. The Bertz CT molecular complexity index is 1820. The number of carbonyl (C=O) groups is 2. The maximum absolute atomic E-state index is 13.1. The largest absolute Gasteiger partial charge is 0.444 e. The van der Waals surface area contributed by atoms with E-state index in [2.05, 4.69) is 63.1 Å². The van der Waals surface area contributed by atoms with Crippen molar-refractivity contribution in [3.63, 3.8) is 0 Å². The summed E-state index contributed by atoms with van der Waals surface area (Å²) < 4.78 is 5.38. The van der Waals surface area contributed by atoms with Crippen molar-refractivity contribution in [1.29, 1.82) is 0 Å². The van der Waals surface area contributed by atoms with Gasteiger partial charge in [-0.3, -0.25) is 4.79 Å². The Morgan fingerprint density at radius 1 is 0.976 bits per heavy atom. The molecule has 1 aliphatic heterocycles. The lowest BCUT2D eigenvalue weighted by atomic mass is 9.79. The van der Waals surface area contributed by atoms with Gasteiger partial charge in [0.05, 0.1) is 16.4 Å². The van der Waals surface area contributed by atoms with E-state index < -0.39 is 17.1 Å². The van der Waals surface area contributed by atoms with Crippen molar-refractivity contribution in [2.24, 2.45) is 0 Å². The van der Waals surface area contributed by atoms with Crippen LogP contribution in [0.15, 0.2) is 79.0 Å². The van der Waals surface area contributed by atoms with Gasteiger partial charge in [-0.2, -0.15) is 0 Å². The van der Waals surface area contributed by atoms with Gasteiger partial charge in [-0.15, -0.1) is 0 Å². The lowest BCUT2D eigenvalue weighted by Crippen LogP contribution is -2.35. The third kappa shape index (κ3) is 4.49. The normalized spacial score (nSPS) is 15.0. The molecule has 2 aromatic heterocycles. The summed E-state index contributed by atoms with van der Waals surface area (Å²) in [7, 11) is 0. The first-order valence-electron chi connectivity index (χ1n) is 14.1. The molecule has 7 rings (SSSR count). The molecule has 2 aliphatic rings. The zero-order valence-corrected chi connectivity index (χ0v) is 23.7. The molecule has 3 aromatic carbocycles. The standard InChI is InChI=1S/C34H31N5O3/c1-33(2,3)42-32(41)36-19-22-7-4-5-8-25(22)20-10-12-21(13-11-20)29-37-27-15-23-17-34(18-24(23)16-28(27)38-29)26-9-6-14-35-30(26)39-31(34)40/h4-16H,17-19H2,1-3H3,(H,36,41)(H,37,38)(H,35,39,40). The smallest absolute Gasteiger partial charge is 0.407 e. The molecule has 210 valence electrons. The minimum Gasteiger partial charge on any atom is -0.444 e. The van der Waals surface area contributed by atoms with Crippen LogP contribution in [0.5, 0.6) is 0 Å². The van der Waals surface area contributed by atoms with Gasteiger partial charge in [0.2, 0.25) is 5.91 Å². The molecule has 5 aromatic rings. The first kappa shape index (κ1) is 26.0. The number of ether oxygens (including phenoxy) is 1. The number of hydrogen-bond acceptors (Lipinski definition) is 5. The van der Waals surface area contributed by atoms with Gasteiger partial charge >= 0.3 is 6.09 Å². The van der Waals surface area contributed by atoms with Crippen LogP contribution in [-0.2, 0) is 34.3 Å². The van der Waals surface area contributed by atoms with Crippen molar-refractivity contribution in [3.8, 4) is 22.5 Å². The molecular formula is C34H31N5O3. The number of carbonyl (C=O) groups excluding carboxylic acids is 2. The summed E-state index contributed by atoms with van der Waals surface area (Å²) in [6.07, 6.45) is 2.56. The minimum atomic E-state index is -0.595. The van der Waals surface area contributed by atoms with Crippen molar-refractivity contribution >= 4 is 28.9 Å². The van der Waals surface area contributed by atoms with Crippen LogP contribution in [0.1, 0.15) is 43.0 Å². The lowest BCUT2D eigenvalue weighted by Gasteiger charge is -2.20. The summed E-state index contributed by atoms with van der Waals surface area (Å²) in [4.78, 5) is 38.0. The number of anilines is 1. The van der Waals surface area contributed by atoms with Gasteiger partial charge < -0.3 is 20.4 Å². The molecule has 0 radical (unpaired) electrons. The SMILES string of the molecule is CC(C)(C)OC(=O)NCc1ccccc1-c1ccc(-c2nc3cc4c(cc3[nH]2)CC2(C4)C(=O)Nc3ncccc32)cc1. The van der Waals surface area contributed by atoms with Crippen LogP contribution >= 0.6 is 0 Å². The number of imidazole rings is 1. The molecular weight excluding hydrogens is 526 g/mol. The van der Waals surface area contributed by atoms with Crippen LogP contribution in [0.2, 0.25) is 0 Å². The van der Waals surface area contributed by atoms with E-state index in [0.717, 1.165) is 55.8 Å². The van der Waals surface area contributed by atoms with Gasteiger partial charge in [-0.05, 0) is 79.6 Å². The first-order chi connectivity index (χ1) is 20.2. The van der Waals surface area contributed by atoms with Crippen LogP contribution in [0.25, 0.3) is 33.5 Å². The van der Waals surface area contributed by atoms with Crippen molar-refractivity contribution < 1.29 is 14.3 Å². The number of amides is 2. The molecule has 0 bridgehead atoms. The van der Waals surface area contributed by atoms with Crippen LogP contribution in [0, 0.1) is 0 Å². The topological polar surface area (TPSA) is 109 Å². The first-order valence-corrected chi connectivity index (χ1v) is 14.1. The number of aromatic nitrogens is 3. The maximum atomic E-state index is 13.1. The van der Waals surface area contributed by atoms with Crippen LogP contribution in [-0.4, -0.2) is 32.6 Å². The quantitative estimate of drug-likeness (QED) is 0.240. The summed E-state index contributed by atoms with van der Waals surface area (Å²) in [6, 6.07) is 24.4. The van der Waals surface area contributed by atoms with Crippen molar-refractivity contribution in [3.05, 3.63) is 101 Å². The van der Waals surface area contributed by atoms with E-state index in [0.29, 0.717) is 25.2 Å². The highest BCUT2D eigenvalue weighted by Crippen LogP contribution is 2.47. The average molecular weight is 558 g/mol. The summed E-state index contributed by atoms with van der Waals surface area (Å²) in [6.45, 7) is 5.91. The molecule has 0 saturated carbocycles. The summed E-state index contributed by atoms with van der Waals surface area (Å²) >= 11 is 0. The number of rotatable bonds is 4. The molecule has 8 nitrogen and oxygen atoms in total. The fourth-order valence-corrected chi connectivity index (χ4v) is 6.16. The van der Waals surface area contributed by atoms with E-state index in [-0.39, 0.29) is 5.91 Å². The molecule has 1 spiro atoms. The van der Waals surface area contributed by atoms with Crippen LogP contribution < -0.4 is 10.6 Å². The molecule has 0 fully saturated rings. The molecule has 1 unspecified atom stereocenters. The van der Waals surface area contributed by atoms with Gasteiger partial charge in [0, 0.05) is 23.9 Å². The Morgan fingerprint density at radius 3 is 2.50 bits per heavy atom. The second kappa shape index (κ2) is 9.55. The molecule has 42 heavy (non-hydrogen) atoms. The number of hydrogen-bond donors (Lipinski definition) is 3. The van der Waals surface area contributed by atoms with Crippen LogP contribution in [0.3, 0.4) is 0 Å². The number of aromatic amines is 1.